The summed E-state index contributed by atoms with van der Waals surface area (Å²) in [6.45, 7) is 4.50. The fraction of sp³-hybridized carbons (Fsp3) is 0.273. The largest absolute Gasteiger partial charge is 0.469 e. The number of nitrogens with one attached hydrogen (secondary N) is 1. The fourth-order valence-corrected chi connectivity index (χ4v) is 5.02. The molecule has 4 rings (SSSR count). The molecule has 0 spiro atoms. The summed E-state index contributed by atoms with van der Waals surface area (Å²) in [6, 6.07) is 4.16. The minimum Gasteiger partial charge on any atom is -0.469 e. The summed E-state index contributed by atoms with van der Waals surface area (Å²) in [5, 5.41) is 2.73. The van der Waals surface area contributed by atoms with E-state index < -0.39 is 17.6 Å². The molecule has 1 N–H and O–H groups in total. The summed E-state index contributed by atoms with van der Waals surface area (Å²) in [6.07, 6.45) is 4.37. The van der Waals surface area contributed by atoms with Crippen molar-refractivity contribution in [2.75, 3.05) is 31.6 Å². The van der Waals surface area contributed by atoms with E-state index in [1.165, 1.54) is 22.5 Å². The van der Waals surface area contributed by atoms with Crippen LogP contribution < -0.4 is 15.8 Å². The van der Waals surface area contributed by atoms with E-state index in [0.717, 1.165) is 11.8 Å². The number of thiocarbonyl (C=S) groups is 1. The van der Waals surface area contributed by atoms with Crippen molar-refractivity contribution in [2.24, 2.45) is 0 Å². The highest BCUT2D eigenvalue weighted by molar-refractivity contribution is 8.26. The molecule has 176 valence electrons. The highest BCUT2D eigenvalue weighted by Crippen LogP contribution is 2.34. The number of anilines is 1. The molecule has 1 atom stereocenters. The second kappa shape index (κ2) is 9.77. The lowest BCUT2D eigenvalue weighted by molar-refractivity contribution is -0.143. The van der Waals surface area contributed by atoms with Crippen LogP contribution in [-0.4, -0.2) is 69.2 Å². The molecule has 2 saturated heterocycles. The van der Waals surface area contributed by atoms with Gasteiger partial charge in [-0.3, -0.25) is 28.5 Å². The van der Waals surface area contributed by atoms with Gasteiger partial charge >= 0.3 is 5.97 Å². The van der Waals surface area contributed by atoms with E-state index in [9.17, 15) is 19.2 Å². The van der Waals surface area contributed by atoms with E-state index in [1.807, 2.05) is 0 Å². The number of rotatable bonds is 6. The number of thioether (sulfide) groups is 1. The van der Waals surface area contributed by atoms with E-state index in [4.69, 9.17) is 17.0 Å². The van der Waals surface area contributed by atoms with Crippen molar-refractivity contribution in [3.63, 3.8) is 0 Å². The SMILES string of the molecule is C=CCN1C(=O)/C(=C/c2c(N3CCNC(=O)[C@H]3CC(=O)OC)nc3ccccn3c2=O)SC1=S. The maximum Gasteiger partial charge on any atom is 0.308 e. The molecule has 2 aliphatic heterocycles. The first-order chi connectivity index (χ1) is 16.3. The average Bonchev–Trinajstić information content (AvgIpc) is 3.09. The molecule has 2 aromatic heterocycles. The number of hydrogen-bond acceptors (Lipinski definition) is 9. The van der Waals surface area contributed by atoms with Crippen molar-refractivity contribution in [1.29, 1.82) is 0 Å². The molecule has 0 aromatic carbocycles. The molecule has 4 heterocycles. The lowest BCUT2D eigenvalue weighted by atomic mass is 10.1. The molecule has 0 saturated carbocycles. The number of amides is 2. The molecule has 2 aromatic rings. The number of methoxy groups -OCH3 is 1. The second-order valence-electron chi connectivity index (χ2n) is 7.44. The van der Waals surface area contributed by atoms with Gasteiger partial charge in [-0.05, 0) is 18.2 Å². The topological polar surface area (TPSA) is 113 Å². The number of ether oxygens (including phenoxy) is 1. The lowest BCUT2D eigenvalue weighted by Gasteiger charge is -2.36. The van der Waals surface area contributed by atoms with Crippen LogP contribution in [0.3, 0.4) is 0 Å². The third-order valence-corrected chi connectivity index (χ3v) is 6.78. The molecule has 2 fully saturated rings. The molecule has 0 unspecified atom stereocenters. The van der Waals surface area contributed by atoms with Gasteiger partial charge in [0.15, 0.2) is 0 Å². The maximum atomic E-state index is 13.5. The van der Waals surface area contributed by atoms with Crippen LogP contribution >= 0.6 is 24.0 Å². The van der Waals surface area contributed by atoms with E-state index in [0.29, 0.717) is 23.1 Å². The summed E-state index contributed by atoms with van der Waals surface area (Å²) in [5.41, 5.74) is 0.0615. The Morgan fingerprint density at radius 3 is 2.91 bits per heavy atom. The molecular weight excluding hydrogens is 478 g/mol. The Balaban J connectivity index is 1.89. The molecule has 0 aliphatic carbocycles. The first-order valence-corrected chi connectivity index (χ1v) is 11.6. The lowest BCUT2D eigenvalue weighted by Crippen LogP contribution is -2.57. The van der Waals surface area contributed by atoms with Gasteiger partial charge in [0.05, 0.1) is 24.0 Å². The summed E-state index contributed by atoms with van der Waals surface area (Å²) in [4.78, 5) is 59.0. The zero-order chi connectivity index (χ0) is 24.4. The van der Waals surface area contributed by atoms with Gasteiger partial charge in [-0.15, -0.1) is 6.58 Å². The first kappa shape index (κ1) is 23.6. The molecule has 0 bridgehead atoms. The predicted octanol–water partition coefficient (Wildman–Crippen LogP) is 0.950. The van der Waals surface area contributed by atoms with Crippen LogP contribution in [0.2, 0.25) is 0 Å². The number of esters is 1. The van der Waals surface area contributed by atoms with Crippen LogP contribution in [0, 0.1) is 0 Å². The Morgan fingerprint density at radius 2 is 2.18 bits per heavy atom. The number of fused-ring (bicyclic) bond motifs is 1. The van der Waals surface area contributed by atoms with Crippen LogP contribution in [0.15, 0.2) is 46.8 Å². The number of piperazine rings is 1. The monoisotopic (exact) mass is 499 g/mol. The molecule has 2 amide bonds. The quantitative estimate of drug-likeness (QED) is 0.269. The highest BCUT2D eigenvalue weighted by Gasteiger charge is 2.36. The van der Waals surface area contributed by atoms with Crippen molar-refractivity contribution in [2.45, 2.75) is 12.5 Å². The molecule has 2 aliphatic rings. The third kappa shape index (κ3) is 4.33. The van der Waals surface area contributed by atoms with E-state index in [2.05, 4.69) is 16.9 Å². The highest BCUT2D eigenvalue weighted by atomic mass is 32.2. The zero-order valence-electron chi connectivity index (χ0n) is 18.2. The standard InChI is InChI=1S/C22H21N5O5S2/c1-3-8-27-21(31)15(34-22(27)33)11-13-18(24-16-6-4-5-9-26(16)20(13)30)25-10-7-23-19(29)14(25)12-17(28)32-2/h3-6,9,11,14H,1,7-8,10,12H2,2H3,(H,23,29)/b15-11-/t14-/m1/s1. The number of pyridine rings is 1. The van der Waals surface area contributed by atoms with Crippen molar-refractivity contribution < 1.29 is 19.1 Å². The van der Waals surface area contributed by atoms with Crippen molar-refractivity contribution in [3.8, 4) is 0 Å². The summed E-state index contributed by atoms with van der Waals surface area (Å²) >= 11 is 6.38. The number of aromatic nitrogens is 2. The minimum absolute atomic E-state index is 0.118. The molecule has 34 heavy (non-hydrogen) atoms. The van der Waals surface area contributed by atoms with E-state index >= 15 is 0 Å². The second-order valence-corrected chi connectivity index (χ2v) is 9.12. The Hall–Kier alpha value is -3.51. The number of carbonyl (C=O) groups excluding carboxylic acids is 3. The third-order valence-electron chi connectivity index (χ3n) is 5.40. The van der Waals surface area contributed by atoms with Gasteiger partial charge in [0, 0.05) is 25.8 Å². The van der Waals surface area contributed by atoms with E-state index in [-0.39, 0.29) is 41.1 Å². The van der Waals surface area contributed by atoms with Gasteiger partial charge in [0.1, 0.15) is 21.8 Å². The summed E-state index contributed by atoms with van der Waals surface area (Å²) in [5.74, 6) is -1.10. The van der Waals surface area contributed by atoms with Crippen LogP contribution in [0.25, 0.3) is 11.7 Å². The van der Waals surface area contributed by atoms with Gasteiger partial charge in [0.25, 0.3) is 11.5 Å². The zero-order valence-corrected chi connectivity index (χ0v) is 19.9. The molecule has 0 radical (unpaired) electrons. The van der Waals surface area contributed by atoms with Gasteiger partial charge in [0.2, 0.25) is 5.91 Å². The molecule has 10 nitrogen and oxygen atoms in total. The van der Waals surface area contributed by atoms with Gasteiger partial charge in [-0.25, -0.2) is 4.98 Å². The summed E-state index contributed by atoms with van der Waals surface area (Å²) in [7, 11) is 1.24. The van der Waals surface area contributed by atoms with Crippen LogP contribution in [0.1, 0.15) is 12.0 Å². The predicted molar refractivity (Wildman–Crippen MR) is 132 cm³/mol. The Kier molecular flexibility index (Phi) is 6.80. The first-order valence-electron chi connectivity index (χ1n) is 10.3. The fourth-order valence-electron chi connectivity index (χ4n) is 3.77. The van der Waals surface area contributed by atoms with Crippen molar-refractivity contribution >= 4 is 63.6 Å². The number of hydrogen-bond donors (Lipinski definition) is 1. The van der Waals surface area contributed by atoms with Gasteiger partial charge in [-0.2, -0.15) is 0 Å². The normalized spacial score (nSPS) is 19.6. The minimum atomic E-state index is -0.929. The van der Waals surface area contributed by atoms with Crippen LogP contribution in [0.4, 0.5) is 5.82 Å². The van der Waals surface area contributed by atoms with Crippen LogP contribution in [-0.2, 0) is 19.1 Å². The van der Waals surface area contributed by atoms with Crippen LogP contribution in [0.5, 0.6) is 0 Å². The Morgan fingerprint density at radius 1 is 1.38 bits per heavy atom. The summed E-state index contributed by atoms with van der Waals surface area (Å²) < 4.78 is 6.47. The number of carbonyl (C=O) groups is 3. The Bertz CT molecular complexity index is 1300. The van der Waals surface area contributed by atoms with Gasteiger partial charge in [-0.1, -0.05) is 36.1 Å². The Labute approximate surface area is 204 Å². The van der Waals surface area contributed by atoms with Crippen molar-refractivity contribution in [3.05, 3.63) is 57.9 Å². The van der Waals surface area contributed by atoms with Gasteiger partial charge < -0.3 is 15.0 Å². The maximum absolute atomic E-state index is 13.5. The molecule has 12 heteroatoms. The average molecular weight is 500 g/mol. The number of nitrogens with zero attached hydrogens (tertiary/aromatic N) is 4. The smallest absolute Gasteiger partial charge is 0.308 e. The molecular formula is C22H21N5O5S2. The van der Waals surface area contributed by atoms with Crippen molar-refractivity contribution in [1.82, 2.24) is 19.6 Å². The van der Waals surface area contributed by atoms with E-state index in [1.54, 1.807) is 35.4 Å².